The van der Waals surface area contributed by atoms with Crippen molar-refractivity contribution in [3.05, 3.63) is 39.7 Å². The number of ether oxygens (including phenoxy) is 1. The minimum Gasteiger partial charge on any atom is -0.388 e. The van der Waals surface area contributed by atoms with Crippen LogP contribution >= 0.6 is 38.3 Å². The van der Waals surface area contributed by atoms with Crippen LogP contribution in [0, 0.1) is 0 Å². The molecule has 1 saturated carbocycles. The van der Waals surface area contributed by atoms with Crippen LogP contribution in [0.3, 0.4) is 0 Å². The first kappa shape index (κ1) is 32.2. The van der Waals surface area contributed by atoms with Crippen LogP contribution < -0.4 is 16.9 Å². The van der Waals surface area contributed by atoms with Gasteiger partial charge in [-0.15, -0.1) is 11.8 Å². The Bertz CT molecular complexity index is 2070. The topological polar surface area (TPSA) is 240 Å². The van der Waals surface area contributed by atoms with Crippen molar-refractivity contribution in [1.29, 1.82) is 0 Å². The van der Waals surface area contributed by atoms with Gasteiger partial charge in [-0.05, 0) is 24.6 Å². The third-order valence-corrected chi connectivity index (χ3v) is 13.8. The predicted octanol–water partition coefficient (Wildman–Crippen LogP) is 1.16. The monoisotopic (exact) mass is 749 g/mol. The number of hydrogen-bond donors (Lipinski definition) is 6. The van der Waals surface area contributed by atoms with E-state index in [2.05, 4.69) is 42.2 Å². The van der Waals surface area contributed by atoms with E-state index in [0.29, 0.717) is 0 Å². The van der Waals surface area contributed by atoms with Gasteiger partial charge in [0.25, 0.3) is 11.1 Å². The molecule has 47 heavy (non-hydrogen) atoms. The van der Waals surface area contributed by atoms with Crippen molar-refractivity contribution in [3.8, 4) is 0 Å². The molecule has 6 N–H and O–H groups in total. The molecule has 24 heteroatoms. The smallest absolute Gasteiger partial charge is 0.325 e. The first-order chi connectivity index (χ1) is 22.4. The zero-order valence-electron chi connectivity index (χ0n) is 23.9. The van der Waals surface area contributed by atoms with Crippen molar-refractivity contribution >= 4 is 78.4 Å². The minimum absolute atomic E-state index is 0.0244. The number of H-pyrrole nitrogens is 2. The molecule has 3 saturated heterocycles. The molecule has 1 aliphatic carbocycles. The van der Waals surface area contributed by atoms with Gasteiger partial charge in [0.2, 0.25) is 13.5 Å². The number of aromatic amines is 2. The normalized spacial score (nSPS) is 40.4. The molecule has 0 amide bonds. The van der Waals surface area contributed by atoms with Gasteiger partial charge < -0.3 is 39.0 Å². The zero-order valence-corrected chi connectivity index (χ0v) is 28.3. The fourth-order valence-electron chi connectivity index (χ4n) is 6.50. The maximum atomic E-state index is 16.2. The Hall–Kier alpha value is -2.07. The van der Waals surface area contributed by atoms with Gasteiger partial charge in [-0.25, -0.2) is 19.3 Å². The van der Waals surface area contributed by atoms with Gasteiger partial charge >= 0.3 is 6.72 Å². The number of alkyl halides is 1. The molecule has 11 atom stereocenters. The van der Waals surface area contributed by atoms with E-state index in [1.807, 2.05) is 0 Å². The van der Waals surface area contributed by atoms with Crippen LogP contribution in [-0.4, -0.2) is 96.6 Å². The van der Waals surface area contributed by atoms with Crippen molar-refractivity contribution in [2.24, 2.45) is 0 Å². The number of nitrogens with zero attached hydrogens (tertiary/aromatic N) is 6. The van der Waals surface area contributed by atoms with E-state index in [4.69, 9.17) is 40.4 Å². The lowest BCUT2D eigenvalue weighted by Crippen LogP contribution is -2.48. The number of fused-ring (bicyclic) bond motifs is 4. The van der Waals surface area contributed by atoms with Crippen LogP contribution in [0.2, 0.25) is 0 Å². The van der Waals surface area contributed by atoms with Gasteiger partial charge in [-0.1, -0.05) is 19.2 Å². The first-order valence-corrected chi connectivity index (χ1v) is 20.0. The average molecular weight is 750 g/mol. The molecule has 8 rings (SSSR count). The summed E-state index contributed by atoms with van der Waals surface area (Å²) in [7, 11) is -2.09. The molecule has 7 heterocycles. The third-order valence-electron chi connectivity index (χ3n) is 8.84. The number of rotatable bonds is 3. The quantitative estimate of drug-likeness (QED) is 0.127. The maximum Gasteiger partial charge on any atom is 0.325 e. The lowest BCUT2D eigenvalue weighted by atomic mass is 9.90. The van der Waals surface area contributed by atoms with Crippen LogP contribution in [-0.2, 0) is 34.6 Å². The van der Waals surface area contributed by atoms with Gasteiger partial charge in [0.15, 0.2) is 34.7 Å². The molecule has 0 radical (unpaired) electrons. The summed E-state index contributed by atoms with van der Waals surface area (Å²) in [6.07, 6.45) is -3.78. The van der Waals surface area contributed by atoms with E-state index < -0.39 is 78.0 Å². The highest BCUT2D eigenvalue weighted by Crippen LogP contribution is 2.73. The lowest BCUT2D eigenvalue weighted by molar-refractivity contribution is -0.0691. The summed E-state index contributed by atoms with van der Waals surface area (Å²) >= 11 is 11.2. The van der Waals surface area contributed by atoms with Crippen LogP contribution in [0.5, 0.6) is 0 Å². The fourth-order valence-corrected chi connectivity index (χ4v) is 12.1. The second-order valence-electron chi connectivity index (χ2n) is 11.4. The number of nitrogens with two attached hydrogens (primary N) is 1. The van der Waals surface area contributed by atoms with E-state index in [1.165, 1.54) is 29.0 Å². The Morgan fingerprint density at radius 1 is 1.23 bits per heavy atom. The van der Waals surface area contributed by atoms with E-state index in [-0.39, 0.29) is 47.7 Å². The number of thioether (sulfide) groups is 1. The molecule has 2 bridgehead atoms. The Morgan fingerprint density at radius 2 is 1.98 bits per heavy atom. The summed E-state index contributed by atoms with van der Waals surface area (Å²) in [5.74, 6) is -0.125. The molecule has 3 aliphatic heterocycles. The van der Waals surface area contributed by atoms with Gasteiger partial charge in [0.05, 0.1) is 36.4 Å². The number of thiol groups is 1. The second kappa shape index (κ2) is 11.2. The Kier molecular flexibility index (Phi) is 7.68. The van der Waals surface area contributed by atoms with E-state index in [9.17, 15) is 19.6 Å². The Labute approximate surface area is 278 Å². The summed E-state index contributed by atoms with van der Waals surface area (Å²) in [6.45, 7) is -2.72. The largest absolute Gasteiger partial charge is 0.388 e. The Morgan fingerprint density at radius 3 is 2.74 bits per heavy atom. The van der Waals surface area contributed by atoms with Crippen molar-refractivity contribution in [1.82, 2.24) is 39.0 Å². The van der Waals surface area contributed by atoms with Gasteiger partial charge in [0, 0.05) is 0 Å². The summed E-state index contributed by atoms with van der Waals surface area (Å²) < 4.78 is 48.2. The highest BCUT2D eigenvalue weighted by atomic mass is 32.7. The van der Waals surface area contributed by atoms with Gasteiger partial charge in [-0.3, -0.25) is 28.2 Å². The number of anilines is 1. The minimum atomic E-state index is -4.19. The zero-order chi connectivity index (χ0) is 33.0. The molecule has 4 aromatic rings. The number of hydrogen-bond acceptors (Lipinski definition) is 16. The summed E-state index contributed by atoms with van der Waals surface area (Å²) in [4.78, 5) is 57.5. The summed E-state index contributed by atoms with van der Waals surface area (Å²) in [5, 5.41) is 11.2. The molecule has 6 unspecified atom stereocenters. The van der Waals surface area contributed by atoms with Crippen molar-refractivity contribution in [2.75, 3.05) is 12.3 Å². The van der Waals surface area contributed by atoms with E-state index >= 15 is 4.39 Å². The van der Waals surface area contributed by atoms with E-state index in [1.54, 1.807) is 11.5 Å². The number of nitrogens with one attached hydrogen (secondary N) is 2. The number of aliphatic hydroxyl groups is 1. The standard InChI is InChI=1S/C23H26FN9O9P2S3/c1-2-22-19(36)23(47-20(22)33-7-29-12-15(33)30-21(25)31-17(12)35)3-9(23)40-44(37,46)41-13-8(4-38-43(45)42-22)39-18(10(13)24)32-6-28-11-14(32)26-5-27-16(11)34/h5-10,13,18-20,36,45H,2-4H2,1H3,(H,37,46)(H,26,27,34)(H3,25,30,31,35)/t8-,9?,10?,13-,18-,19+,20?,22?,23+,43?,44?/m1/s1. The molecule has 252 valence electrons. The molecule has 4 aromatic heterocycles. The first-order valence-electron chi connectivity index (χ1n) is 14.2. The van der Waals surface area contributed by atoms with Crippen LogP contribution in [0.25, 0.3) is 22.3 Å². The third kappa shape index (κ3) is 4.95. The average Bonchev–Trinajstić information content (AvgIpc) is 3.37. The lowest BCUT2D eigenvalue weighted by Gasteiger charge is -2.38. The molecular formula is C23H26FN9O9P2S3. The van der Waals surface area contributed by atoms with Crippen molar-refractivity contribution < 1.29 is 37.2 Å². The highest BCUT2D eigenvalue weighted by molar-refractivity contribution is 8.42. The molecule has 1 spiro atoms. The number of imidazole rings is 2. The fraction of sp³-hybridized carbons (Fsp3) is 0.565. The summed E-state index contributed by atoms with van der Waals surface area (Å²) in [5.41, 5.74) is 3.62. The van der Waals surface area contributed by atoms with Crippen LogP contribution in [0.1, 0.15) is 31.4 Å². The number of halogens is 1. The van der Waals surface area contributed by atoms with Crippen LogP contribution in [0.4, 0.5) is 10.3 Å². The maximum absolute atomic E-state index is 16.2. The molecule has 4 aliphatic rings. The number of aliphatic hydroxyl groups excluding tert-OH is 1. The molecule has 18 nitrogen and oxygen atoms in total. The number of nitrogen functional groups attached to an aromatic ring is 1. The molecule has 0 aromatic carbocycles. The SMILES string of the molecule is CCC12OP(S)OC[C@H]3O[C@@H](n4cnc5c(=O)[nH]cnc54)C(F)[C@@H]3OP(O)(=S)OC3C[C@@]3(SC1n1cnc3c(=O)[nH]c(N)nc31)[C@H]2O. The molecule has 4 fully saturated rings. The van der Waals surface area contributed by atoms with Gasteiger partial charge in [-0.2, -0.15) is 4.98 Å². The van der Waals surface area contributed by atoms with Crippen molar-refractivity contribution in [2.45, 2.75) is 72.3 Å². The highest BCUT2D eigenvalue weighted by Gasteiger charge is 2.76. The predicted molar refractivity (Wildman–Crippen MR) is 172 cm³/mol. The van der Waals surface area contributed by atoms with Crippen molar-refractivity contribution in [3.63, 3.8) is 0 Å². The van der Waals surface area contributed by atoms with E-state index in [0.717, 1.165) is 6.33 Å². The Balaban J connectivity index is 1.16. The molecular weight excluding hydrogens is 723 g/mol. The van der Waals surface area contributed by atoms with Crippen LogP contribution in [0.15, 0.2) is 28.6 Å². The second-order valence-corrected chi connectivity index (χ2v) is 17.5. The van der Waals surface area contributed by atoms with Gasteiger partial charge in [0.1, 0.15) is 29.3 Å². The number of aromatic nitrogens is 8. The summed E-state index contributed by atoms with van der Waals surface area (Å²) in [6, 6.07) is 0.